The number of benzene rings is 1. The van der Waals surface area contributed by atoms with Gasteiger partial charge in [-0.05, 0) is 37.3 Å². The van der Waals surface area contributed by atoms with E-state index in [1.54, 1.807) is 31.4 Å². The Kier molecular flexibility index (Phi) is 8.47. The third kappa shape index (κ3) is 6.32. The molecule has 134 valence electrons. The number of methoxy groups -OCH3 is 1. The normalized spacial score (nSPS) is 13.4. The number of ether oxygens (including phenoxy) is 3. The Hall–Kier alpha value is -1.88. The van der Waals surface area contributed by atoms with Crippen LogP contribution in [0.3, 0.4) is 0 Å². The SMILES string of the molecule is COCCC(C)C(C)OC(=O)c1ccccc1C(=O)OCC(C)C. The summed E-state index contributed by atoms with van der Waals surface area (Å²) < 4.78 is 15.8. The van der Waals surface area contributed by atoms with Gasteiger partial charge in [0.25, 0.3) is 0 Å². The van der Waals surface area contributed by atoms with Crippen molar-refractivity contribution < 1.29 is 23.8 Å². The lowest BCUT2D eigenvalue weighted by Gasteiger charge is -2.20. The summed E-state index contributed by atoms with van der Waals surface area (Å²) in [5.74, 6) is -0.621. The van der Waals surface area contributed by atoms with Gasteiger partial charge < -0.3 is 14.2 Å². The largest absolute Gasteiger partial charge is 0.462 e. The average molecular weight is 336 g/mol. The summed E-state index contributed by atoms with van der Waals surface area (Å²) in [5.41, 5.74) is 0.469. The highest BCUT2D eigenvalue weighted by atomic mass is 16.5. The number of hydrogen-bond donors (Lipinski definition) is 0. The molecule has 2 unspecified atom stereocenters. The minimum atomic E-state index is -0.510. The van der Waals surface area contributed by atoms with E-state index < -0.39 is 11.9 Å². The van der Waals surface area contributed by atoms with Gasteiger partial charge in [0.15, 0.2) is 0 Å². The van der Waals surface area contributed by atoms with Crippen LogP contribution in [-0.4, -0.2) is 38.4 Å². The van der Waals surface area contributed by atoms with Crippen molar-refractivity contribution in [1.29, 1.82) is 0 Å². The number of rotatable bonds is 9. The summed E-state index contributed by atoms with van der Waals surface area (Å²) >= 11 is 0. The molecular weight excluding hydrogens is 308 g/mol. The first kappa shape index (κ1) is 20.2. The predicted octanol–water partition coefficient (Wildman–Crippen LogP) is 3.72. The molecule has 24 heavy (non-hydrogen) atoms. The lowest BCUT2D eigenvalue weighted by Crippen LogP contribution is -2.24. The lowest BCUT2D eigenvalue weighted by atomic mass is 10.0. The zero-order valence-electron chi connectivity index (χ0n) is 15.2. The summed E-state index contributed by atoms with van der Waals surface area (Å²) in [5, 5.41) is 0. The zero-order valence-corrected chi connectivity index (χ0v) is 15.2. The molecule has 0 aliphatic heterocycles. The zero-order chi connectivity index (χ0) is 18.1. The second-order valence-electron chi connectivity index (χ2n) is 6.41. The fourth-order valence-corrected chi connectivity index (χ4v) is 2.05. The van der Waals surface area contributed by atoms with Crippen molar-refractivity contribution >= 4 is 11.9 Å². The van der Waals surface area contributed by atoms with Crippen LogP contribution < -0.4 is 0 Å². The minimum Gasteiger partial charge on any atom is -0.462 e. The lowest BCUT2D eigenvalue weighted by molar-refractivity contribution is 0.0167. The van der Waals surface area contributed by atoms with Gasteiger partial charge in [0, 0.05) is 13.7 Å². The van der Waals surface area contributed by atoms with Crippen LogP contribution in [0.4, 0.5) is 0 Å². The standard InChI is InChI=1S/C19H28O5/c1-13(2)12-23-18(20)16-8-6-7-9-17(16)19(21)24-15(4)14(3)10-11-22-5/h6-9,13-15H,10-12H2,1-5H3. The molecule has 0 N–H and O–H groups in total. The van der Waals surface area contributed by atoms with Crippen LogP contribution >= 0.6 is 0 Å². The Morgan fingerprint density at radius 3 is 2.12 bits per heavy atom. The first-order valence-corrected chi connectivity index (χ1v) is 8.32. The monoisotopic (exact) mass is 336 g/mol. The molecule has 0 aliphatic carbocycles. The first-order valence-electron chi connectivity index (χ1n) is 8.32. The van der Waals surface area contributed by atoms with Crippen LogP contribution in [0.2, 0.25) is 0 Å². The molecule has 5 nitrogen and oxygen atoms in total. The van der Waals surface area contributed by atoms with Crippen molar-refractivity contribution in [3.8, 4) is 0 Å². The number of hydrogen-bond acceptors (Lipinski definition) is 5. The summed E-state index contributed by atoms with van der Waals surface area (Å²) in [4.78, 5) is 24.6. The topological polar surface area (TPSA) is 61.8 Å². The van der Waals surface area contributed by atoms with E-state index in [1.165, 1.54) is 0 Å². The molecule has 0 saturated heterocycles. The van der Waals surface area contributed by atoms with Crippen LogP contribution in [0, 0.1) is 11.8 Å². The highest BCUT2D eigenvalue weighted by molar-refractivity contribution is 6.03. The fourth-order valence-electron chi connectivity index (χ4n) is 2.05. The first-order chi connectivity index (χ1) is 11.4. The molecule has 5 heteroatoms. The van der Waals surface area contributed by atoms with Gasteiger partial charge in [0.1, 0.15) is 6.10 Å². The van der Waals surface area contributed by atoms with Crippen molar-refractivity contribution in [2.45, 2.75) is 40.2 Å². The van der Waals surface area contributed by atoms with E-state index in [0.717, 1.165) is 6.42 Å². The molecule has 0 aromatic heterocycles. The van der Waals surface area contributed by atoms with E-state index in [-0.39, 0.29) is 29.1 Å². The second kappa shape index (κ2) is 10.1. The van der Waals surface area contributed by atoms with E-state index in [9.17, 15) is 9.59 Å². The minimum absolute atomic E-state index is 0.161. The highest BCUT2D eigenvalue weighted by Crippen LogP contribution is 2.17. The molecule has 0 fully saturated rings. The van der Waals surface area contributed by atoms with Crippen LogP contribution in [0.1, 0.15) is 54.8 Å². The van der Waals surface area contributed by atoms with Gasteiger partial charge >= 0.3 is 11.9 Å². The molecule has 1 aromatic rings. The summed E-state index contributed by atoms with van der Waals surface area (Å²) in [6.07, 6.45) is 0.524. The van der Waals surface area contributed by atoms with Crippen LogP contribution in [0.15, 0.2) is 24.3 Å². The third-order valence-corrected chi connectivity index (χ3v) is 3.79. The van der Waals surface area contributed by atoms with Gasteiger partial charge in [0.2, 0.25) is 0 Å². The molecule has 0 bridgehead atoms. The Morgan fingerprint density at radius 2 is 1.58 bits per heavy atom. The van der Waals surface area contributed by atoms with Gasteiger partial charge in [-0.15, -0.1) is 0 Å². The van der Waals surface area contributed by atoms with Crippen molar-refractivity contribution in [3.63, 3.8) is 0 Å². The van der Waals surface area contributed by atoms with Crippen molar-refractivity contribution in [2.24, 2.45) is 11.8 Å². The van der Waals surface area contributed by atoms with Gasteiger partial charge in [-0.25, -0.2) is 9.59 Å². The van der Waals surface area contributed by atoms with Gasteiger partial charge in [0.05, 0.1) is 17.7 Å². The molecule has 0 amide bonds. The molecule has 1 rings (SSSR count). The summed E-state index contributed by atoms with van der Waals surface area (Å²) in [6, 6.07) is 6.57. The molecule has 0 aliphatic rings. The number of carbonyl (C=O) groups excluding carboxylic acids is 2. The number of carbonyl (C=O) groups is 2. The molecule has 2 atom stereocenters. The average Bonchev–Trinajstić information content (AvgIpc) is 2.57. The van der Waals surface area contributed by atoms with Crippen molar-refractivity contribution in [1.82, 2.24) is 0 Å². The van der Waals surface area contributed by atoms with Gasteiger partial charge in [-0.2, -0.15) is 0 Å². The Balaban J connectivity index is 2.78. The fraction of sp³-hybridized carbons (Fsp3) is 0.579. The maximum absolute atomic E-state index is 12.4. The van der Waals surface area contributed by atoms with E-state index in [1.807, 2.05) is 27.7 Å². The Morgan fingerprint density at radius 1 is 1.00 bits per heavy atom. The second-order valence-corrected chi connectivity index (χ2v) is 6.41. The predicted molar refractivity (Wildman–Crippen MR) is 92.1 cm³/mol. The van der Waals surface area contributed by atoms with Gasteiger partial charge in [-0.1, -0.05) is 32.9 Å². The number of esters is 2. The van der Waals surface area contributed by atoms with Crippen LogP contribution in [-0.2, 0) is 14.2 Å². The summed E-state index contributed by atoms with van der Waals surface area (Å²) in [7, 11) is 1.64. The van der Waals surface area contributed by atoms with Crippen LogP contribution in [0.25, 0.3) is 0 Å². The van der Waals surface area contributed by atoms with Crippen molar-refractivity contribution in [3.05, 3.63) is 35.4 Å². The highest BCUT2D eigenvalue weighted by Gasteiger charge is 2.23. The molecule has 1 aromatic carbocycles. The maximum Gasteiger partial charge on any atom is 0.339 e. The smallest absolute Gasteiger partial charge is 0.339 e. The Bertz CT molecular complexity index is 538. The van der Waals surface area contributed by atoms with E-state index in [2.05, 4.69) is 0 Å². The van der Waals surface area contributed by atoms with Crippen LogP contribution in [0.5, 0.6) is 0 Å². The maximum atomic E-state index is 12.4. The third-order valence-electron chi connectivity index (χ3n) is 3.79. The molecule has 0 radical (unpaired) electrons. The van der Waals surface area contributed by atoms with E-state index >= 15 is 0 Å². The van der Waals surface area contributed by atoms with E-state index in [0.29, 0.717) is 13.2 Å². The molecular formula is C19H28O5. The molecule has 0 spiro atoms. The molecule has 0 saturated carbocycles. The van der Waals surface area contributed by atoms with Crippen molar-refractivity contribution in [2.75, 3.05) is 20.3 Å². The summed E-state index contributed by atoms with van der Waals surface area (Å²) in [6.45, 7) is 8.68. The molecule has 0 heterocycles. The Labute approximate surface area is 144 Å². The van der Waals surface area contributed by atoms with Gasteiger partial charge in [-0.3, -0.25) is 0 Å². The van der Waals surface area contributed by atoms with E-state index in [4.69, 9.17) is 14.2 Å². The quantitative estimate of drug-likeness (QED) is 0.643.